The van der Waals surface area contributed by atoms with E-state index < -0.39 is 5.91 Å². The number of piperazine rings is 1. The Kier molecular flexibility index (Phi) is 8.89. The Morgan fingerprint density at radius 3 is 2.39 bits per heavy atom. The van der Waals surface area contributed by atoms with Gasteiger partial charge in [0.2, 0.25) is 5.91 Å². The average Bonchev–Trinajstić information content (AvgIpc) is 2.53. The van der Waals surface area contributed by atoms with Crippen LogP contribution in [0.1, 0.15) is 17.3 Å². The molecule has 0 spiro atoms. The Morgan fingerprint density at radius 1 is 1.26 bits per heavy atom. The fraction of sp³-hybridized carbons (Fsp3) is 0.500. The molecule has 2 rings (SSSR count). The summed E-state index contributed by atoms with van der Waals surface area (Å²) in [5.41, 5.74) is 11.3. The maximum atomic E-state index is 12.1. The van der Waals surface area contributed by atoms with Crippen LogP contribution >= 0.6 is 24.8 Å². The third-order valence-electron chi connectivity index (χ3n) is 3.72. The number of halogens is 2. The zero-order valence-electron chi connectivity index (χ0n) is 13.0. The second kappa shape index (κ2) is 9.54. The van der Waals surface area contributed by atoms with Crippen LogP contribution < -0.4 is 16.4 Å². The number of nitrogens with two attached hydrogens (primary N) is 2. The van der Waals surface area contributed by atoms with Gasteiger partial charge in [-0.1, -0.05) is 6.92 Å². The van der Waals surface area contributed by atoms with Crippen molar-refractivity contribution < 1.29 is 9.59 Å². The highest BCUT2D eigenvalue weighted by molar-refractivity contribution is 5.97. The van der Waals surface area contributed by atoms with E-state index in [1.165, 1.54) is 0 Å². The number of aromatic nitrogens is 1. The molecule has 9 heteroatoms. The maximum absolute atomic E-state index is 12.1. The summed E-state index contributed by atoms with van der Waals surface area (Å²) in [6.07, 6.45) is 1.63. The molecule has 0 saturated carbocycles. The first-order chi connectivity index (χ1) is 10.0. The molecule has 1 aromatic rings. The van der Waals surface area contributed by atoms with Gasteiger partial charge in [0.05, 0.1) is 5.56 Å². The minimum Gasteiger partial charge on any atom is -0.365 e. The Bertz CT molecular complexity index is 536. The van der Waals surface area contributed by atoms with Crippen LogP contribution in [0.5, 0.6) is 0 Å². The third-order valence-corrected chi connectivity index (χ3v) is 3.72. The van der Waals surface area contributed by atoms with Gasteiger partial charge in [-0.2, -0.15) is 0 Å². The van der Waals surface area contributed by atoms with Gasteiger partial charge >= 0.3 is 0 Å². The molecule has 0 bridgehead atoms. The Morgan fingerprint density at radius 2 is 1.87 bits per heavy atom. The lowest BCUT2D eigenvalue weighted by molar-refractivity contribution is -0.134. The standard InChI is InChI=1S/C14H21N5O2.2ClH/c1-10(9-15)14(21)19-7-5-18(6-8-19)13-11(12(16)20)3-2-4-17-13;;/h2-4,10H,5-9,15H2,1H3,(H2,16,20);2*1H. The molecular formula is C14H23Cl2N5O2. The summed E-state index contributed by atoms with van der Waals surface area (Å²) in [6, 6.07) is 3.35. The van der Waals surface area contributed by atoms with Crippen LogP contribution in [-0.4, -0.2) is 54.4 Å². The Balaban J connectivity index is 0.00000242. The molecule has 0 aromatic carbocycles. The monoisotopic (exact) mass is 363 g/mol. The first kappa shape index (κ1) is 21.4. The molecule has 1 aromatic heterocycles. The molecule has 1 fully saturated rings. The van der Waals surface area contributed by atoms with Gasteiger partial charge in [0.25, 0.3) is 5.91 Å². The largest absolute Gasteiger partial charge is 0.365 e. The van der Waals surface area contributed by atoms with Gasteiger partial charge in [-0.25, -0.2) is 4.98 Å². The van der Waals surface area contributed by atoms with E-state index in [4.69, 9.17) is 11.5 Å². The number of rotatable bonds is 4. The number of hydrogen-bond acceptors (Lipinski definition) is 5. The summed E-state index contributed by atoms with van der Waals surface area (Å²) in [5.74, 6) is 0.0122. The van der Waals surface area contributed by atoms with Gasteiger partial charge in [-0.3, -0.25) is 9.59 Å². The number of carbonyl (C=O) groups is 2. The van der Waals surface area contributed by atoms with Crippen molar-refractivity contribution in [2.24, 2.45) is 17.4 Å². The van der Waals surface area contributed by atoms with Gasteiger partial charge in [-0.05, 0) is 12.1 Å². The van der Waals surface area contributed by atoms with Crippen LogP contribution in [0.2, 0.25) is 0 Å². The van der Waals surface area contributed by atoms with E-state index in [1.54, 1.807) is 23.2 Å². The van der Waals surface area contributed by atoms with Crippen LogP contribution in [0.3, 0.4) is 0 Å². The first-order valence-corrected chi connectivity index (χ1v) is 7.03. The van der Waals surface area contributed by atoms with Crippen molar-refractivity contribution in [2.45, 2.75) is 6.92 Å². The number of hydrogen-bond donors (Lipinski definition) is 2. The first-order valence-electron chi connectivity index (χ1n) is 7.03. The van der Waals surface area contributed by atoms with Crippen molar-refractivity contribution in [2.75, 3.05) is 37.6 Å². The average molecular weight is 364 g/mol. The fourth-order valence-electron chi connectivity index (χ4n) is 2.39. The van der Waals surface area contributed by atoms with Crippen molar-refractivity contribution >= 4 is 42.4 Å². The minimum absolute atomic E-state index is 0. The van der Waals surface area contributed by atoms with E-state index in [0.29, 0.717) is 44.1 Å². The third kappa shape index (κ3) is 4.95. The molecule has 2 amide bonds. The molecule has 1 unspecified atom stereocenters. The molecule has 1 aliphatic heterocycles. The van der Waals surface area contributed by atoms with E-state index in [9.17, 15) is 9.59 Å². The summed E-state index contributed by atoms with van der Waals surface area (Å²) in [5, 5.41) is 0. The van der Waals surface area contributed by atoms with Crippen molar-refractivity contribution in [1.29, 1.82) is 0 Å². The highest BCUT2D eigenvalue weighted by Crippen LogP contribution is 2.19. The van der Waals surface area contributed by atoms with Crippen LogP contribution in [-0.2, 0) is 4.79 Å². The maximum Gasteiger partial charge on any atom is 0.252 e. The molecule has 130 valence electrons. The van der Waals surface area contributed by atoms with Crippen LogP contribution in [0, 0.1) is 5.92 Å². The SMILES string of the molecule is CC(CN)C(=O)N1CCN(c2ncccc2C(N)=O)CC1.Cl.Cl. The molecule has 1 atom stereocenters. The molecule has 4 N–H and O–H groups in total. The highest BCUT2D eigenvalue weighted by Gasteiger charge is 2.26. The lowest BCUT2D eigenvalue weighted by atomic mass is 10.1. The zero-order chi connectivity index (χ0) is 15.4. The molecule has 0 radical (unpaired) electrons. The molecule has 2 heterocycles. The van der Waals surface area contributed by atoms with E-state index in [0.717, 1.165) is 0 Å². The topological polar surface area (TPSA) is 106 Å². The summed E-state index contributed by atoms with van der Waals surface area (Å²) in [7, 11) is 0. The second-order valence-electron chi connectivity index (χ2n) is 5.19. The number of pyridine rings is 1. The second-order valence-corrected chi connectivity index (χ2v) is 5.19. The Hall–Kier alpha value is -1.57. The predicted octanol–water partition coefficient (Wildman–Crippen LogP) is 0.268. The molecule has 0 aliphatic carbocycles. The summed E-state index contributed by atoms with van der Waals surface area (Å²) in [4.78, 5) is 31.6. The summed E-state index contributed by atoms with van der Waals surface area (Å²) < 4.78 is 0. The fourth-order valence-corrected chi connectivity index (χ4v) is 2.39. The van der Waals surface area contributed by atoms with Gasteiger partial charge in [0.15, 0.2) is 0 Å². The molecule has 23 heavy (non-hydrogen) atoms. The number of amides is 2. The number of anilines is 1. The zero-order valence-corrected chi connectivity index (χ0v) is 14.6. The van der Waals surface area contributed by atoms with E-state index >= 15 is 0 Å². The molecule has 1 aliphatic rings. The van der Waals surface area contributed by atoms with Gasteiger partial charge in [0.1, 0.15) is 5.82 Å². The van der Waals surface area contributed by atoms with Crippen molar-refractivity contribution in [3.8, 4) is 0 Å². The van der Waals surface area contributed by atoms with Crippen molar-refractivity contribution in [3.63, 3.8) is 0 Å². The van der Waals surface area contributed by atoms with Crippen LogP contribution in [0.4, 0.5) is 5.82 Å². The normalized spacial score (nSPS) is 15.2. The number of primary amides is 1. The van der Waals surface area contributed by atoms with Gasteiger partial charge in [-0.15, -0.1) is 24.8 Å². The number of carbonyl (C=O) groups excluding carboxylic acids is 2. The number of nitrogens with zero attached hydrogens (tertiary/aromatic N) is 3. The van der Waals surface area contributed by atoms with E-state index in [-0.39, 0.29) is 36.6 Å². The lowest BCUT2D eigenvalue weighted by Gasteiger charge is -2.36. The van der Waals surface area contributed by atoms with Crippen molar-refractivity contribution in [1.82, 2.24) is 9.88 Å². The van der Waals surface area contributed by atoms with E-state index in [1.807, 2.05) is 11.8 Å². The molecular weight excluding hydrogens is 341 g/mol. The van der Waals surface area contributed by atoms with E-state index in [2.05, 4.69) is 4.98 Å². The molecule has 7 nitrogen and oxygen atoms in total. The van der Waals surface area contributed by atoms with Crippen molar-refractivity contribution in [3.05, 3.63) is 23.9 Å². The van der Waals surface area contributed by atoms with Crippen LogP contribution in [0.15, 0.2) is 18.3 Å². The molecule has 1 saturated heterocycles. The van der Waals surface area contributed by atoms with Gasteiger partial charge < -0.3 is 21.3 Å². The summed E-state index contributed by atoms with van der Waals surface area (Å²) >= 11 is 0. The smallest absolute Gasteiger partial charge is 0.252 e. The predicted molar refractivity (Wildman–Crippen MR) is 94.3 cm³/mol. The Labute approximate surface area is 148 Å². The highest BCUT2D eigenvalue weighted by atomic mass is 35.5. The lowest BCUT2D eigenvalue weighted by Crippen LogP contribution is -2.51. The van der Waals surface area contributed by atoms with Gasteiger partial charge in [0, 0.05) is 44.8 Å². The minimum atomic E-state index is -0.492. The quantitative estimate of drug-likeness (QED) is 0.798. The van der Waals surface area contributed by atoms with Crippen LogP contribution in [0.25, 0.3) is 0 Å². The summed E-state index contributed by atoms with van der Waals surface area (Å²) in [6.45, 7) is 4.63.